The van der Waals surface area contributed by atoms with Gasteiger partial charge in [0.1, 0.15) is 0 Å². The highest BCUT2D eigenvalue weighted by molar-refractivity contribution is 5.95. The van der Waals surface area contributed by atoms with Gasteiger partial charge < -0.3 is 5.32 Å². The van der Waals surface area contributed by atoms with Crippen molar-refractivity contribution in [2.24, 2.45) is 0 Å². The maximum Gasteiger partial charge on any atom is 0.277 e. The number of rotatable bonds is 8. The first kappa shape index (κ1) is 22.4. The van der Waals surface area contributed by atoms with E-state index in [2.05, 4.69) is 17.3 Å². The van der Waals surface area contributed by atoms with Crippen molar-refractivity contribution in [3.05, 3.63) is 79.4 Å². The van der Waals surface area contributed by atoms with Crippen LogP contribution < -0.4 is 5.32 Å². The quantitative estimate of drug-likeness (QED) is 0.499. The zero-order valence-electron chi connectivity index (χ0n) is 17.5. The second kappa shape index (κ2) is 10.1. The van der Waals surface area contributed by atoms with Gasteiger partial charge in [0, 0.05) is 31.3 Å². The van der Waals surface area contributed by atoms with Gasteiger partial charge in [0.2, 0.25) is 0 Å². The lowest BCUT2D eigenvalue weighted by Gasteiger charge is -2.31. The molecule has 0 saturated heterocycles. The van der Waals surface area contributed by atoms with E-state index in [-0.39, 0.29) is 12.1 Å². The van der Waals surface area contributed by atoms with Crippen LogP contribution in [-0.2, 0) is 13.1 Å². The monoisotopic (exact) mass is 426 g/mol. The van der Waals surface area contributed by atoms with E-state index in [4.69, 9.17) is 0 Å². The molecule has 1 fully saturated rings. The smallest absolute Gasteiger partial charge is 0.277 e. The molecule has 0 aliphatic heterocycles. The molecule has 0 bridgehead atoms. The summed E-state index contributed by atoms with van der Waals surface area (Å²) in [4.78, 5) is 35.5. The molecule has 1 amide bonds. The molecule has 0 unspecified atom stereocenters. The molecule has 0 heterocycles. The number of non-ortho nitro benzene ring substituents is 2. The fraction of sp³-hybridized carbons (Fsp3) is 0.409. The van der Waals surface area contributed by atoms with Crippen LogP contribution in [0.25, 0.3) is 0 Å². The number of carbonyl (C=O) groups is 1. The molecule has 0 aromatic heterocycles. The van der Waals surface area contributed by atoms with Gasteiger partial charge in [0.25, 0.3) is 17.3 Å². The van der Waals surface area contributed by atoms with Crippen LogP contribution in [0.15, 0.2) is 42.5 Å². The molecular weight excluding hydrogens is 400 g/mol. The van der Waals surface area contributed by atoms with Crippen molar-refractivity contribution < 1.29 is 14.6 Å². The summed E-state index contributed by atoms with van der Waals surface area (Å²) in [5.41, 5.74) is 0.944. The van der Waals surface area contributed by atoms with Crippen molar-refractivity contribution >= 4 is 17.3 Å². The fourth-order valence-electron chi connectivity index (χ4n) is 4.02. The molecule has 9 heteroatoms. The van der Waals surface area contributed by atoms with E-state index < -0.39 is 27.1 Å². The summed E-state index contributed by atoms with van der Waals surface area (Å²) in [5.74, 6) is -0.595. The molecule has 0 spiro atoms. The van der Waals surface area contributed by atoms with E-state index in [1.54, 1.807) is 0 Å². The van der Waals surface area contributed by atoms with E-state index in [0.29, 0.717) is 6.04 Å². The molecule has 164 valence electrons. The summed E-state index contributed by atoms with van der Waals surface area (Å²) >= 11 is 0. The average molecular weight is 426 g/mol. The highest BCUT2D eigenvalue weighted by Crippen LogP contribution is 2.24. The molecule has 9 nitrogen and oxygen atoms in total. The Morgan fingerprint density at radius 1 is 1.00 bits per heavy atom. The SMILES string of the molecule is CN(Cc1ccccc1CNC(=O)c1cc([N+](=O)[O-])cc([N+](=O)[O-])c1)C1CCCCC1. The minimum Gasteiger partial charge on any atom is -0.348 e. The van der Waals surface area contributed by atoms with Crippen molar-refractivity contribution in [3.8, 4) is 0 Å². The molecule has 0 atom stereocenters. The lowest BCUT2D eigenvalue weighted by molar-refractivity contribution is -0.394. The number of nitro groups is 2. The number of carbonyl (C=O) groups excluding carboxylic acids is 1. The van der Waals surface area contributed by atoms with Crippen molar-refractivity contribution in [1.82, 2.24) is 10.2 Å². The fourth-order valence-corrected chi connectivity index (χ4v) is 4.02. The van der Waals surface area contributed by atoms with Crippen LogP contribution in [0.1, 0.15) is 53.6 Å². The third-order valence-corrected chi connectivity index (χ3v) is 5.76. The summed E-state index contributed by atoms with van der Waals surface area (Å²) in [6, 6.07) is 11.3. The van der Waals surface area contributed by atoms with E-state index >= 15 is 0 Å². The first-order valence-electron chi connectivity index (χ1n) is 10.3. The normalized spacial score (nSPS) is 14.4. The van der Waals surface area contributed by atoms with Crippen LogP contribution in [0.5, 0.6) is 0 Å². The number of nitro benzene ring substituents is 2. The Labute approximate surface area is 180 Å². The molecule has 2 aromatic rings. The Hall–Kier alpha value is -3.33. The first-order chi connectivity index (χ1) is 14.8. The lowest BCUT2D eigenvalue weighted by Crippen LogP contribution is -2.33. The maximum absolute atomic E-state index is 12.6. The topological polar surface area (TPSA) is 119 Å². The van der Waals surface area contributed by atoms with Gasteiger partial charge in [-0.3, -0.25) is 29.9 Å². The first-order valence-corrected chi connectivity index (χ1v) is 10.3. The predicted octanol–water partition coefficient (Wildman–Crippen LogP) is 4.20. The van der Waals surface area contributed by atoms with Gasteiger partial charge >= 0.3 is 0 Å². The summed E-state index contributed by atoms with van der Waals surface area (Å²) < 4.78 is 0. The molecule has 3 rings (SSSR count). The number of hydrogen-bond donors (Lipinski definition) is 1. The highest BCUT2D eigenvalue weighted by atomic mass is 16.6. The van der Waals surface area contributed by atoms with Gasteiger partial charge in [-0.15, -0.1) is 0 Å². The van der Waals surface area contributed by atoms with E-state index in [0.717, 1.165) is 35.9 Å². The molecule has 1 aliphatic rings. The van der Waals surface area contributed by atoms with Crippen LogP contribution in [0.3, 0.4) is 0 Å². The van der Waals surface area contributed by atoms with Crippen molar-refractivity contribution in [1.29, 1.82) is 0 Å². The number of hydrogen-bond acceptors (Lipinski definition) is 6. The second-order valence-corrected chi connectivity index (χ2v) is 7.91. The Morgan fingerprint density at radius 2 is 1.58 bits per heavy atom. The number of benzene rings is 2. The third-order valence-electron chi connectivity index (χ3n) is 5.76. The lowest BCUT2D eigenvalue weighted by atomic mass is 9.94. The molecule has 1 N–H and O–H groups in total. The summed E-state index contributed by atoms with van der Waals surface area (Å²) in [6.45, 7) is 0.989. The Balaban J connectivity index is 1.71. The standard InChI is InChI=1S/C22H26N4O5/c1-24(19-9-3-2-4-10-19)15-17-8-6-5-7-16(17)14-23-22(27)18-11-20(25(28)29)13-21(12-18)26(30)31/h5-8,11-13,19H,2-4,9-10,14-15H2,1H3,(H,23,27). The average Bonchev–Trinajstić information content (AvgIpc) is 2.78. The summed E-state index contributed by atoms with van der Waals surface area (Å²) in [5, 5.41) is 24.8. The zero-order valence-corrected chi connectivity index (χ0v) is 17.5. The van der Waals surface area contributed by atoms with Crippen LogP contribution in [0, 0.1) is 20.2 Å². The zero-order chi connectivity index (χ0) is 22.4. The molecular formula is C22H26N4O5. The predicted molar refractivity (Wildman–Crippen MR) is 116 cm³/mol. The Bertz CT molecular complexity index is 940. The number of amides is 1. The third kappa shape index (κ3) is 5.85. The molecule has 0 radical (unpaired) electrons. The minimum atomic E-state index is -0.750. The van der Waals surface area contributed by atoms with E-state index in [9.17, 15) is 25.0 Å². The maximum atomic E-state index is 12.6. The molecule has 1 aliphatic carbocycles. The number of nitrogens with one attached hydrogen (secondary N) is 1. The van der Waals surface area contributed by atoms with Crippen LogP contribution in [0.4, 0.5) is 11.4 Å². The van der Waals surface area contributed by atoms with Crippen molar-refractivity contribution in [2.75, 3.05) is 7.05 Å². The Kier molecular flexibility index (Phi) is 7.30. The van der Waals surface area contributed by atoms with Gasteiger partial charge in [-0.2, -0.15) is 0 Å². The van der Waals surface area contributed by atoms with Crippen molar-refractivity contribution in [2.45, 2.75) is 51.2 Å². The Morgan fingerprint density at radius 3 is 2.16 bits per heavy atom. The highest BCUT2D eigenvalue weighted by Gasteiger charge is 2.21. The van der Waals surface area contributed by atoms with E-state index in [1.807, 2.05) is 24.3 Å². The van der Waals surface area contributed by atoms with Gasteiger partial charge in [-0.05, 0) is 31.0 Å². The molecule has 2 aromatic carbocycles. The second-order valence-electron chi connectivity index (χ2n) is 7.91. The largest absolute Gasteiger partial charge is 0.348 e. The van der Waals surface area contributed by atoms with Gasteiger partial charge in [-0.1, -0.05) is 43.5 Å². The summed E-state index contributed by atoms with van der Waals surface area (Å²) in [7, 11) is 2.12. The molecule has 1 saturated carbocycles. The van der Waals surface area contributed by atoms with Gasteiger partial charge in [0.05, 0.1) is 21.5 Å². The summed E-state index contributed by atoms with van der Waals surface area (Å²) in [6.07, 6.45) is 6.19. The minimum absolute atomic E-state index is 0.113. The van der Waals surface area contributed by atoms with Crippen molar-refractivity contribution in [3.63, 3.8) is 0 Å². The van der Waals surface area contributed by atoms with Crippen LogP contribution >= 0.6 is 0 Å². The van der Waals surface area contributed by atoms with E-state index in [1.165, 1.54) is 32.1 Å². The van der Waals surface area contributed by atoms with Gasteiger partial charge in [0.15, 0.2) is 0 Å². The van der Waals surface area contributed by atoms with Crippen LogP contribution in [-0.4, -0.2) is 33.7 Å². The van der Waals surface area contributed by atoms with Gasteiger partial charge in [-0.25, -0.2) is 0 Å². The number of nitrogens with zero attached hydrogens (tertiary/aromatic N) is 3. The molecule has 31 heavy (non-hydrogen) atoms. The van der Waals surface area contributed by atoms with Crippen LogP contribution in [0.2, 0.25) is 0 Å².